The second kappa shape index (κ2) is 4.16. The summed E-state index contributed by atoms with van der Waals surface area (Å²) < 4.78 is 0. The van der Waals surface area contributed by atoms with Gasteiger partial charge in [-0.1, -0.05) is 12.1 Å². The number of aromatic nitrogens is 1. The van der Waals surface area contributed by atoms with Crippen molar-refractivity contribution in [2.45, 2.75) is 11.8 Å². The van der Waals surface area contributed by atoms with E-state index in [4.69, 9.17) is 23.2 Å². The minimum absolute atomic E-state index is 0.452. The van der Waals surface area contributed by atoms with Crippen LogP contribution in [0.5, 0.6) is 0 Å². The van der Waals surface area contributed by atoms with E-state index in [1.54, 1.807) is 0 Å². The van der Waals surface area contributed by atoms with E-state index in [1.165, 1.54) is 0 Å². The molecule has 1 heterocycles. The lowest BCUT2D eigenvalue weighted by Crippen LogP contribution is -1.87. The van der Waals surface area contributed by atoms with Gasteiger partial charge >= 0.3 is 0 Å². The number of alkyl halides is 2. The lowest BCUT2D eigenvalue weighted by molar-refractivity contribution is 1.21. The molecule has 0 aliphatic carbocycles. The summed E-state index contributed by atoms with van der Waals surface area (Å²) >= 11 is 11.4. The van der Waals surface area contributed by atoms with Crippen LogP contribution in [0.2, 0.25) is 0 Å². The molecular formula is C11H9Cl2N. The molecule has 1 aromatic carbocycles. The molecule has 0 saturated heterocycles. The number of hydrogen-bond donors (Lipinski definition) is 0. The molecule has 0 unspecified atom stereocenters. The van der Waals surface area contributed by atoms with E-state index in [0.717, 1.165) is 22.2 Å². The Balaban J connectivity index is 2.57. The van der Waals surface area contributed by atoms with Gasteiger partial charge in [0, 0.05) is 11.3 Å². The van der Waals surface area contributed by atoms with Crippen LogP contribution in [0.3, 0.4) is 0 Å². The van der Waals surface area contributed by atoms with E-state index < -0.39 is 0 Å². The Hall–Kier alpha value is -0.790. The van der Waals surface area contributed by atoms with Crippen molar-refractivity contribution >= 4 is 34.1 Å². The van der Waals surface area contributed by atoms with Gasteiger partial charge in [-0.15, -0.1) is 23.2 Å². The molecule has 0 atom stereocenters. The van der Waals surface area contributed by atoms with Crippen LogP contribution in [0.25, 0.3) is 10.9 Å². The van der Waals surface area contributed by atoms with Gasteiger partial charge in [0.25, 0.3) is 0 Å². The summed E-state index contributed by atoms with van der Waals surface area (Å²) in [5.41, 5.74) is 2.98. The van der Waals surface area contributed by atoms with Gasteiger partial charge in [-0.25, -0.2) is 0 Å². The molecule has 3 heteroatoms. The fourth-order valence-corrected chi connectivity index (χ4v) is 1.69. The zero-order chi connectivity index (χ0) is 9.97. The highest BCUT2D eigenvalue weighted by atomic mass is 35.5. The van der Waals surface area contributed by atoms with Crippen molar-refractivity contribution in [3.05, 3.63) is 41.6 Å². The molecule has 72 valence electrons. The summed E-state index contributed by atoms with van der Waals surface area (Å²) in [7, 11) is 0. The molecule has 0 aliphatic heterocycles. The minimum atomic E-state index is 0.452. The second-order valence-electron chi connectivity index (χ2n) is 3.10. The number of fused-ring (bicyclic) bond motifs is 1. The number of rotatable bonds is 2. The maximum absolute atomic E-state index is 5.74. The van der Waals surface area contributed by atoms with Crippen molar-refractivity contribution in [1.82, 2.24) is 4.98 Å². The molecule has 2 rings (SSSR count). The van der Waals surface area contributed by atoms with E-state index in [9.17, 15) is 0 Å². The summed E-state index contributed by atoms with van der Waals surface area (Å²) in [6, 6.07) is 9.97. The highest BCUT2D eigenvalue weighted by Crippen LogP contribution is 2.16. The summed E-state index contributed by atoms with van der Waals surface area (Å²) in [6.07, 6.45) is 0. The van der Waals surface area contributed by atoms with Crippen LogP contribution in [0.4, 0.5) is 0 Å². The minimum Gasteiger partial charge on any atom is -0.252 e. The maximum atomic E-state index is 5.74. The Morgan fingerprint density at radius 3 is 2.57 bits per heavy atom. The Kier molecular flexibility index (Phi) is 2.90. The van der Waals surface area contributed by atoms with Gasteiger partial charge in [0.15, 0.2) is 0 Å². The molecule has 0 bridgehead atoms. The summed E-state index contributed by atoms with van der Waals surface area (Å²) in [4.78, 5) is 4.39. The maximum Gasteiger partial charge on any atom is 0.0706 e. The van der Waals surface area contributed by atoms with Crippen molar-refractivity contribution < 1.29 is 0 Å². The number of hydrogen-bond acceptors (Lipinski definition) is 1. The number of pyridine rings is 1. The number of benzene rings is 1. The van der Waals surface area contributed by atoms with Crippen molar-refractivity contribution in [2.75, 3.05) is 0 Å². The van der Waals surface area contributed by atoms with Gasteiger partial charge in [-0.05, 0) is 23.8 Å². The topological polar surface area (TPSA) is 12.9 Å². The van der Waals surface area contributed by atoms with Gasteiger partial charge in [0.05, 0.1) is 17.1 Å². The molecule has 1 aromatic heterocycles. The first-order chi connectivity index (χ1) is 6.83. The molecule has 0 amide bonds. The van der Waals surface area contributed by atoms with Crippen molar-refractivity contribution in [3.63, 3.8) is 0 Å². The predicted molar refractivity (Wildman–Crippen MR) is 60.9 cm³/mol. The Morgan fingerprint density at radius 2 is 1.86 bits per heavy atom. The molecule has 0 fully saturated rings. The molecule has 0 radical (unpaired) electrons. The van der Waals surface area contributed by atoms with Gasteiger partial charge in [-0.2, -0.15) is 0 Å². The quantitative estimate of drug-likeness (QED) is 0.711. The largest absolute Gasteiger partial charge is 0.252 e. The van der Waals surface area contributed by atoms with E-state index in [2.05, 4.69) is 4.98 Å². The van der Waals surface area contributed by atoms with E-state index in [-0.39, 0.29) is 0 Å². The van der Waals surface area contributed by atoms with E-state index in [0.29, 0.717) is 11.8 Å². The Labute approximate surface area is 92.7 Å². The summed E-state index contributed by atoms with van der Waals surface area (Å²) in [5.74, 6) is 0.987. The van der Waals surface area contributed by atoms with Crippen molar-refractivity contribution in [2.24, 2.45) is 0 Å². The molecule has 14 heavy (non-hydrogen) atoms. The predicted octanol–water partition coefficient (Wildman–Crippen LogP) is 3.71. The van der Waals surface area contributed by atoms with Gasteiger partial charge in [0.2, 0.25) is 0 Å². The molecule has 1 nitrogen and oxygen atoms in total. The van der Waals surface area contributed by atoms with Crippen LogP contribution >= 0.6 is 23.2 Å². The van der Waals surface area contributed by atoms with Crippen molar-refractivity contribution in [3.8, 4) is 0 Å². The van der Waals surface area contributed by atoms with Crippen LogP contribution in [-0.4, -0.2) is 4.98 Å². The van der Waals surface area contributed by atoms with Crippen LogP contribution in [-0.2, 0) is 11.8 Å². The van der Waals surface area contributed by atoms with Crippen LogP contribution in [0, 0.1) is 0 Å². The fraction of sp³-hybridized carbons (Fsp3) is 0.182. The highest BCUT2D eigenvalue weighted by Gasteiger charge is 1.98. The first kappa shape index (κ1) is 9.75. The third-order valence-corrected chi connectivity index (χ3v) is 2.68. The van der Waals surface area contributed by atoms with Crippen LogP contribution < -0.4 is 0 Å². The van der Waals surface area contributed by atoms with E-state index in [1.807, 2.05) is 30.3 Å². The van der Waals surface area contributed by atoms with E-state index >= 15 is 0 Å². The van der Waals surface area contributed by atoms with Crippen LogP contribution in [0.1, 0.15) is 11.3 Å². The van der Waals surface area contributed by atoms with Gasteiger partial charge in [0.1, 0.15) is 0 Å². The number of nitrogens with zero attached hydrogens (tertiary/aromatic N) is 1. The summed E-state index contributed by atoms with van der Waals surface area (Å²) in [5, 5.41) is 1.11. The first-order valence-electron chi connectivity index (χ1n) is 4.34. The molecule has 0 spiro atoms. The van der Waals surface area contributed by atoms with Gasteiger partial charge < -0.3 is 0 Å². The average molecular weight is 226 g/mol. The molecule has 2 aromatic rings. The zero-order valence-corrected chi connectivity index (χ0v) is 9.02. The van der Waals surface area contributed by atoms with Crippen LogP contribution in [0.15, 0.2) is 30.3 Å². The normalized spacial score (nSPS) is 10.7. The molecule has 0 aliphatic rings. The third kappa shape index (κ3) is 1.84. The third-order valence-electron chi connectivity index (χ3n) is 2.10. The molecular weight excluding hydrogens is 217 g/mol. The smallest absolute Gasteiger partial charge is 0.0706 e. The SMILES string of the molecule is ClCc1ccc2nc(CCl)ccc2c1. The molecule has 0 saturated carbocycles. The monoisotopic (exact) mass is 225 g/mol. The second-order valence-corrected chi connectivity index (χ2v) is 3.63. The Morgan fingerprint density at radius 1 is 1.00 bits per heavy atom. The fourth-order valence-electron chi connectivity index (χ4n) is 1.37. The summed E-state index contributed by atoms with van der Waals surface area (Å²) in [6.45, 7) is 0. The lowest BCUT2D eigenvalue weighted by Gasteiger charge is -2.01. The standard InChI is InChI=1S/C11H9Cl2N/c12-6-8-1-4-11-9(5-8)2-3-10(7-13)14-11/h1-5H,6-7H2. The Bertz CT molecular complexity index is 411. The van der Waals surface area contributed by atoms with Crippen molar-refractivity contribution in [1.29, 1.82) is 0 Å². The molecule has 0 N–H and O–H groups in total. The lowest BCUT2D eigenvalue weighted by atomic mass is 10.1. The number of halogens is 2. The highest BCUT2D eigenvalue weighted by molar-refractivity contribution is 6.17. The zero-order valence-electron chi connectivity index (χ0n) is 7.50. The van der Waals surface area contributed by atoms with Gasteiger partial charge in [-0.3, -0.25) is 4.98 Å². The first-order valence-corrected chi connectivity index (χ1v) is 5.41. The average Bonchev–Trinajstić information content (AvgIpc) is 2.27.